The van der Waals surface area contributed by atoms with E-state index in [0.717, 1.165) is 32.5 Å². The fourth-order valence-corrected chi connectivity index (χ4v) is 2.59. The molecule has 0 atom stereocenters. The first-order valence-corrected chi connectivity index (χ1v) is 7.49. The van der Waals surface area contributed by atoms with Crippen LogP contribution in [0, 0.1) is 0 Å². The number of ether oxygens (including phenoxy) is 1. The molecule has 4 heteroatoms. The van der Waals surface area contributed by atoms with Crippen LogP contribution in [-0.4, -0.2) is 43.1 Å². The lowest BCUT2D eigenvalue weighted by Crippen LogP contribution is -2.44. The monoisotopic (exact) mass is 276 g/mol. The number of para-hydroxylation sites is 1. The summed E-state index contributed by atoms with van der Waals surface area (Å²) < 4.78 is 5.51. The van der Waals surface area contributed by atoms with Crippen molar-refractivity contribution in [3.63, 3.8) is 0 Å². The van der Waals surface area contributed by atoms with Crippen molar-refractivity contribution in [3.8, 4) is 5.75 Å². The molecule has 110 valence electrons. The Bertz CT molecular complexity index is 440. The highest BCUT2D eigenvalue weighted by atomic mass is 16.5. The normalized spacial score (nSPS) is 16.9. The topological polar surface area (TPSA) is 41.6 Å². The Kier molecular flexibility index (Phi) is 5.41. The maximum absolute atomic E-state index is 12.4. The predicted octanol–water partition coefficient (Wildman–Crippen LogP) is 2.30. The molecule has 20 heavy (non-hydrogen) atoms. The highest BCUT2D eigenvalue weighted by molar-refractivity contribution is 5.97. The summed E-state index contributed by atoms with van der Waals surface area (Å²) in [7, 11) is 0. The Morgan fingerprint density at radius 3 is 2.65 bits per heavy atom. The molecule has 0 unspecified atom stereocenters. The number of rotatable bonds is 5. The molecule has 0 saturated carbocycles. The Labute approximate surface area is 121 Å². The molecule has 1 saturated heterocycles. The number of hydrogen-bond acceptors (Lipinski definition) is 3. The minimum atomic E-state index is -0.0241. The second-order valence-corrected chi connectivity index (χ2v) is 5.11. The van der Waals surface area contributed by atoms with Gasteiger partial charge in [-0.1, -0.05) is 19.1 Å². The smallest absolute Gasteiger partial charge is 0.255 e. The Balaban J connectivity index is 1.95. The first kappa shape index (κ1) is 14.9. The number of likely N-dealkylation sites (tertiary alicyclic amines) is 1. The van der Waals surface area contributed by atoms with Crippen LogP contribution in [0.15, 0.2) is 24.3 Å². The highest BCUT2D eigenvalue weighted by Gasteiger charge is 2.21. The van der Waals surface area contributed by atoms with Gasteiger partial charge in [-0.2, -0.15) is 0 Å². The van der Waals surface area contributed by atoms with E-state index in [2.05, 4.69) is 17.1 Å². The number of carbonyl (C=O) groups is 1. The summed E-state index contributed by atoms with van der Waals surface area (Å²) in [5.41, 5.74) is 0.632. The van der Waals surface area contributed by atoms with E-state index in [1.54, 1.807) is 0 Å². The van der Waals surface area contributed by atoms with Gasteiger partial charge in [0.1, 0.15) is 5.75 Å². The first-order chi connectivity index (χ1) is 9.74. The quantitative estimate of drug-likeness (QED) is 0.897. The van der Waals surface area contributed by atoms with Crippen molar-refractivity contribution in [2.24, 2.45) is 0 Å². The van der Waals surface area contributed by atoms with Gasteiger partial charge in [-0.25, -0.2) is 0 Å². The zero-order valence-electron chi connectivity index (χ0n) is 12.4. The number of benzene rings is 1. The molecule has 0 aromatic heterocycles. The van der Waals surface area contributed by atoms with Crippen molar-refractivity contribution < 1.29 is 9.53 Å². The summed E-state index contributed by atoms with van der Waals surface area (Å²) in [6.45, 7) is 7.89. The summed E-state index contributed by atoms with van der Waals surface area (Å²) in [6, 6.07) is 7.71. The van der Waals surface area contributed by atoms with Gasteiger partial charge in [0.15, 0.2) is 0 Å². The van der Waals surface area contributed by atoms with Crippen LogP contribution in [0.5, 0.6) is 5.75 Å². The van der Waals surface area contributed by atoms with E-state index in [0.29, 0.717) is 17.9 Å². The Hall–Kier alpha value is -1.55. The molecule has 1 aromatic rings. The van der Waals surface area contributed by atoms with Crippen molar-refractivity contribution in [1.82, 2.24) is 10.2 Å². The number of piperidine rings is 1. The summed E-state index contributed by atoms with van der Waals surface area (Å²) in [6.07, 6.45) is 2.05. The van der Waals surface area contributed by atoms with Crippen LogP contribution in [0.25, 0.3) is 0 Å². The van der Waals surface area contributed by atoms with E-state index in [9.17, 15) is 4.79 Å². The molecule has 1 aliphatic heterocycles. The first-order valence-electron chi connectivity index (χ1n) is 7.49. The number of carbonyl (C=O) groups excluding carboxylic acids is 1. The summed E-state index contributed by atoms with van der Waals surface area (Å²) in [5, 5.41) is 3.13. The van der Waals surface area contributed by atoms with Crippen LogP contribution >= 0.6 is 0 Å². The zero-order valence-corrected chi connectivity index (χ0v) is 12.4. The number of nitrogens with zero attached hydrogens (tertiary/aromatic N) is 1. The molecule has 1 amide bonds. The van der Waals surface area contributed by atoms with Gasteiger partial charge in [-0.3, -0.25) is 4.79 Å². The molecule has 0 radical (unpaired) electrons. The van der Waals surface area contributed by atoms with Crippen molar-refractivity contribution in [2.45, 2.75) is 32.7 Å². The van der Waals surface area contributed by atoms with Crippen LogP contribution in [-0.2, 0) is 0 Å². The van der Waals surface area contributed by atoms with Crippen molar-refractivity contribution in [3.05, 3.63) is 29.8 Å². The maximum atomic E-state index is 12.4. The van der Waals surface area contributed by atoms with Gasteiger partial charge in [0.05, 0.1) is 12.2 Å². The van der Waals surface area contributed by atoms with E-state index in [-0.39, 0.29) is 11.9 Å². The van der Waals surface area contributed by atoms with Gasteiger partial charge in [0, 0.05) is 19.1 Å². The van der Waals surface area contributed by atoms with Crippen LogP contribution in [0.3, 0.4) is 0 Å². The number of hydrogen-bond donors (Lipinski definition) is 1. The molecule has 2 rings (SSSR count). The van der Waals surface area contributed by atoms with Gasteiger partial charge in [-0.15, -0.1) is 0 Å². The molecule has 1 aliphatic rings. The van der Waals surface area contributed by atoms with Gasteiger partial charge >= 0.3 is 0 Å². The molecule has 1 fully saturated rings. The molecule has 0 aliphatic carbocycles. The highest BCUT2D eigenvalue weighted by Crippen LogP contribution is 2.19. The fourth-order valence-electron chi connectivity index (χ4n) is 2.59. The third-order valence-corrected chi connectivity index (χ3v) is 3.80. The lowest BCUT2D eigenvalue weighted by atomic mass is 10.0. The van der Waals surface area contributed by atoms with E-state index in [4.69, 9.17) is 4.74 Å². The molecular formula is C16H24N2O2. The lowest BCUT2D eigenvalue weighted by Gasteiger charge is -2.31. The van der Waals surface area contributed by atoms with Crippen molar-refractivity contribution in [2.75, 3.05) is 26.2 Å². The van der Waals surface area contributed by atoms with E-state index in [1.807, 2.05) is 31.2 Å². The van der Waals surface area contributed by atoms with E-state index in [1.165, 1.54) is 0 Å². The van der Waals surface area contributed by atoms with Gasteiger partial charge in [0.25, 0.3) is 5.91 Å². The molecule has 4 nitrogen and oxygen atoms in total. The largest absolute Gasteiger partial charge is 0.493 e. The van der Waals surface area contributed by atoms with Crippen molar-refractivity contribution >= 4 is 5.91 Å². The van der Waals surface area contributed by atoms with Gasteiger partial charge in [0.2, 0.25) is 0 Å². The average molecular weight is 276 g/mol. The van der Waals surface area contributed by atoms with E-state index >= 15 is 0 Å². The second kappa shape index (κ2) is 7.29. The van der Waals surface area contributed by atoms with Crippen LogP contribution in [0.2, 0.25) is 0 Å². The summed E-state index contributed by atoms with van der Waals surface area (Å²) in [4.78, 5) is 14.8. The van der Waals surface area contributed by atoms with Crippen LogP contribution in [0.1, 0.15) is 37.0 Å². The third kappa shape index (κ3) is 3.73. The molecule has 1 aromatic carbocycles. The van der Waals surface area contributed by atoms with Crippen molar-refractivity contribution in [1.29, 1.82) is 0 Å². The standard InChI is InChI=1S/C16H24N2O2/c1-3-18-11-9-13(10-12-18)17-16(19)14-7-5-6-8-15(14)20-4-2/h5-8,13H,3-4,9-12H2,1-2H3,(H,17,19). The molecular weight excluding hydrogens is 252 g/mol. The number of nitrogens with one attached hydrogen (secondary N) is 1. The number of amides is 1. The zero-order chi connectivity index (χ0) is 14.4. The fraction of sp³-hybridized carbons (Fsp3) is 0.562. The Morgan fingerprint density at radius 2 is 2.00 bits per heavy atom. The van der Waals surface area contributed by atoms with Gasteiger partial charge < -0.3 is 15.0 Å². The summed E-state index contributed by atoms with van der Waals surface area (Å²) in [5.74, 6) is 0.641. The van der Waals surface area contributed by atoms with Crippen LogP contribution in [0.4, 0.5) is 0 Å². The van der Waals surface area contributed by atoms with Gasteiger partial charge in [-0.05, 0) is 38.4 Å². The minimum Gasteiger partial charge on any atom is -0.493 e. The maximum Gasteiger partial charge on any atom is 0.255 e. The average Bonchev–Trinajstić information content (AvgIpc) is 2.49. The summed E-state index contributed by atoms with van der Waals surface area (Å²) >= 11 is 0. The second-order valence-electron chi connectivity index (χ2n) is 5.11. The lowest BCUT2D eigenvalue weighted by molar-refractivity contribution is 0.0909. The molecule has 1 N–H and O–H groups in total. The molecule has 1 heterocycles. The SMILES string of the molecule is CCOc1ccccc1C(=O)NC1CCN(CC)CC1. The third-order valence-electron chi connectivity index (χ3n) is 3.80. The van der Waals surface area contributed by atoms with Crippen LogP contribution < -0.4 is 10.1 Å². The molecule has 0 bridgehead atoms. The van der Waals surface area contributed by atoms with E-state index < -0.39 is 0 Å². The molecule has 0 spiro atoms. The Morgan fingerprint density at radius 1 is 1.30 bits per heavy atom. The predicted molar refractivity (Wildman–Crippen MR) is 80.2 cm³/mol. The minimum absolute atomic E-state index is 0.0241.